The molecule has 0 unspecified atom stereocenters. The summed E-state index contributed by atoms with van der Waals surface area (Å²) in [7, 11) is 1.65. The first kappa shape index (κ1) is 12.4. The second-order valence-corrected chi connectivity index (χ2v) is 4.06. The van der Waals surface area contributed by atoms with Gasteiger partial charge in [0.1, 0.15) is 0 Å². The van der Waals surface area contributed by atoms with E-state index in [0.29, 0.717) is 23.1 Å². The van der Waals surface area contributed by atoms with Crippen LogP contribution in [0.15, 0.2) is 0 Å². The number of anilines is 1. The monoisotopic (exact) mass is 239 g/mol. The molecule has 16 heavy (non-hydrogen) atoms. The number of carbonyl (C=O) groups is 1. The summed E-state index contributed by atoms with van der Waals surface area (Å²) < 4.78 is 0. The van der Waals surface area contributed by atoms with Gasteiger partial charge in [-0.2, -0.15) is 5.26 Å². The Morgan fingerprint density at radius 3 is 3.00 bits per heavy atom. The van der Waals surface area contributed by atoms with E-state index >= 15 is 0 Å². The van der Waals surface area contributed by atoms with Crippen LogP contribution < -0.4 is 5.32 Å². The number of carbonyl (C=O) groups excluding carboxylic acids is 1. The first-order valence-corrected chi connectivity index (χ1v) is 5.70. The second-order valence-electron chi connectivity index (χ2n) is 3.08. The smallest absolute Gasteiger partial charge is 0.284 e. The molecule has 1 rings (SSSR count). The first-order valence-electron chi connectivity index (χ1n) is 4.88. The van der Waals surface area contributed by atoms with Crippen LogP contribution in [0.25, 0.3) is 0 Å². The summed E-state index contributed by atoms with van der Waals surface area (Å²) in [6.07, 6.45) is 0.321. The SMILES string of the molecule is CCNc1nnc(C(=O)N(C)CCC#N)s1. The van der Waals surface area contributed by atoms with Gasteiger partial charge in [0, 0.05) is 20.1 Å². The van der Waals surface area contributed by atoms with Crippen LogP contribution in [-0.2, 0) is 0 Å². The van der Waals surface area contributed by atoms with Crippen molar-refractivity contribution in [1.82, 2.24) is 15.1 Å². The molecule has 1 amide bonds. The van der Waals surface area contributed by atoms with E-state index in [1.807, 2.05) is 13.0 Å². The summed E-state index contributed by atoms with van der Waals surface area (Å²) in [6, 6.07) is 1.99. The summed E-state index contributed by atoms with van der Waals surface area (Å²) >= 11 is 1.22. The number of hydrogen-bond acceptors (Lipinski definition) is 6. The Morgan fingerprint density at radius 1 is 1.62 bits per heavy atom. The van der Waals surface area contributed by atoms with Crippen LogP contribution in [-0.4, -0.2) is 41.1 Å². The van der Waals surface area contributed by atoms with Crippen LogP contribution in [0.5, 0.6) is 0 Å². The third-order valence-corrected chi connectivity index (χ3v) is 2.71. The summed E-state index contributed by atoms with van der Waals surface area (Å²) in [6.45, 7) is 3.10. The van der Waals surface area contributed by atoms with Gasteiger partial charge in [0.15, 0.2) is 0 Å². The summed E-state index contributed by atoms with van der Waals surface area (Å²) in [4.78, 5) is 13.2. The molecule has 7 heteroatoms. The molecule has 0 radical (unpaired) electrons. The van der Waals surface area contributed by atoms with Gasteiger partial charge in [0.2, 0.25) is 10.1 Å². The fourth-order valence-electron chi connectivity index (χ4n) is 1.01. The maximum Gasteiger partial charge on any atom is 0.284 e. The zero-order chi connectivity index (χ0) is 12.0. The Kier molecular flexibility index (Phi) is 4.66. The molecule has 1 aromatic rings. The lowest BCUT2D eigenvalue weighted by Crippen LogP contribution is -2.27. The number of amides is 1. The quantitative estimate of drug-likeness (QED) is 0.827. The van der Waals surface area contributed by atoms with Crippen LogP contribution in [0.1, 0.15) is 23.1 Å². The molecule has 0 saturated heterocycles. The van der Waals surface area contributed by atoms with Crippen LogP contribution >= 0.6 is 11.3 Å². The fourth-order valence-corrected chi connectivity index (χ4v) is 1.82. The summed E-state index contributed by atoms with van der Waals surface area (Å²) in [5.74, 6) is -0.197. The maximum atomic E-state index is 11.8. The highest BCUT2D eigenvalue weighted by Crippen LogP contribution is 2.16. The number of aromatic nitrogens is 2. The van der Waals surface area contributed by atoms with Gasteiger partial charge in [-0.05, 0) is 6.92 Å². The third-order valence-electron chi connectivity index (χ3n) is 1.84. The fraction of sp³-hybridized carbons (Fsp3) is 0.556. The van der Waals surface area contributed by atoms with Crippen LogP contribution in [0, 0.1) is 11.3 Å². The molecule has 1 N–H and O–H groups in total. The van der Waals surface area contributed by atoms with E-state index in [4.69, 9.17) is 5.26 Å². The van der Waals surface area contributed by atoms with Crippen molar-refractivity contribution in [3.05, 3.63) is 5.01 Å². The maximum absolute atomic E-state index is 11.8. The predicted molar refractivity (Wildman–Crippen MR) is 61.3 cm³/mol. The first-order chi connectivity index (χ1) is 7.69. The minimum atomic E-state index is -0.197. The zero-order valence-electron chi connectivity index (χ0n) is 9.23. The highest BCUT2D eigenvalue weighted by molar-refractivity contribution is 7.17. The van der Waals surface area contributed by atoms with Gasteiger partial charge in [0.25, 0.3) is 5.91 Å². The Balaban J connectivity index is 2.61. The minimum Gasteiger partial charge on any atom is -0.360 e. The van der Waals surface area contributed by atoms with E-state index in [2.05, 4.69) is 15.5 Å². The van der Waals surface area contributed by atoms with Crippen molar-refractivity contribution in [3.63, 3.8) is 0 Å². The molecule has 0 aliphatic rings. The lowest BCUT2D eigenvalue weighted by molar-refractivity contribution is 0.0797. The second kappa shape index (κ2) is 6.02. The Morgan fingerprint density at radius 2 is 2.38 bits per heavy atom. The molecule has 0 atom stereocenters. The van der Waals surface area contributed by atoms with Gasteiger partial charge < -0.3 is 10.2 Å². The molecular weight excluding hydrogens is 226 g/mol. The number of rotatable bonds is 5. The van der Waals surface area contributed by atoms with E-state index in [-0.39, 0.29) is 5.91 Å². The molecule has 0 spiro atoms. The molecule has 0 aliphatic heterocycles. The molecule has 1 heterocycles. The highest BCUT2D eigenvalue weighted by Gasteiger charge is 2.16. The lowest BCUT2D eigenvalue weighted by atomic mass is 10.4. The number of nitriles is 1. The van der Waals surface area contributed by atoms with Crippen molar-refractivity contribution in [2.75, 3.05) is 25.5 Å². The molecule has 0 aromatic carbocycles. The third kappa shape index (κ3) is 3.17. The van der Waals surface area contributed by atoms with Gasteiger partial charge >= 0.3 is 0 Å². The Bertz CT molecular complexity index is 397. The van der Waals surface area contributed by atoms with E-state index in [1.165, 1.54) is 16.2 Å². The Hall–Kier alpha value is -1.68. The average molecular weight is 239 g/mol. The van der Waals surface area contributed by atoms with E-state index in [0.717, 1.165) is 6.54 Å². The van der Waals surface area contributed by atoms with Crippen molar-refractivity contribution >= 4 is 22.4 Å². The van der Waals surface area contributed by atoms with E-state index in [9.17, 15) is 4.79 Å². The number of nitrogens with zero attached hydrogens (tertiary/aromatic N) is 4. The van der Waals surface area contributed by atoms with Crippen LogP contribution in [0.4, 0.5) is 5.13 Å². The zero-order valence-corrected chi connectivity index (χ0v) is 10.0. The van der Waals surface area contributed by atoms with Crippen LogP contribution in [0.2, 0.25) is 0 Å². The molecule has 1 aromatic heterocycles. The number of nitrogens with one attached hydrogen (secondary N) is 1. The molecule has 0 saturated carbocycles. The predicted octanol–water partition coefficient (Wildman–Crippen LogP) is 0.956. The summed E-state index contributed by atoms with van der Waals surface area (Å²) in [5.41, 5.74) is 0. The Labute approximate surface area is 97.9 Å². The van der Waals surface area contributed by atoms with Crippen molar-refractivity contribution in [2.24, 2.45) is 0 Å². The largest absolute Gasteiger partial charge is 0.360 e. The van der Waals surface area contributed by atoms with Crippen molar-refractivity contribution in [1.29, 1.82) is 5.26 Å². The molecule has 86 valence electrons. The molecular formula is C9H13N5OS. The van der Waals surface area contributed by atoms with Gasteiger partial charge in [-0.1, -0.05) is 11.3 Å². The molecule has 0 aliphatic carbocycles. The topological polar surface area (TPSA) is 81.9 Å². The van der Waals surface area contributed by atoms with E-state index in [1.54, 1.807) is 7.05 Å². The van der Waals surface area contributed by atoms with Gasteiger partial charge in [0.05, 0.1) is 12.5 Å². The van der Waals surface area contributed by atoms with Gasteiger partial charge in [-0.15, -0.1) is 10.2 Å². The highest BCUT2D eigenvalue weighted by atomic mass is 32.1. The van der Waals surface area contributed by atoms with E-state index < -0.39 is 0 Å². The van der Waals surface area contributed by atoms with Gasteiger partial charge in [-0.25, -0.2) is 0 Å². The molecule has 0 bridgehead atoms. The van der Waals surface area contributed by atoms with Crippen molar-refractivity contribution in [2.45, 2.75) is 13.3 Å². The lowest BCUT2D eigenvalue weighted by Gasteiger charge is -2.12. The van der Waals surface area contributed by atoms with Crippen molar-refractivity contribution in [3.8, 4) is 6.07 Å². The van der Waals surface area contributed by atoms with Gasteiger partial charge in [-0.3, -0.25) is 4.79 Å². The average Bonchev–Trinajstić information content (AvgIpc) is 2.74. The normalized spacial score (nSPS) is 9.56. The van der Waals surface area contributed by atoms with Crippen molar-refractivity contribution < 1.29 is 4.79 Å². The molecule has 0 fully saturated rings. The standard InChI is InChI=1S/C9H13N5OS/c1-3-11-9-13-12-7(16-9)8(15)14(2)6-4-5-10/h3-4,6H2,1-2H3,(H,11,13). The summed E-state index contributed by atoms with van der Waals surface area (Å²) in [5, 5.41) is 20.0. The minimum absolute atomic E-state index is 0.197. The molecule has 6 nitrogen and oxygen atoms in total. The van der Waals surface area contributed by atoms with Crippen LogP contribution in [0.3, 0.4) is 0 Å². The number of hydrogen-bond donors (Lipinski definition) is 1.